The molecule has 0 saturated heterocycles. The second-order valence-corrected chi connectivity index (χ2v) is 4.28. The quantitative estimate of drug-likeness (QED) is 0.441. The molecule has 118 valence electrons. The lowest BCUT2D eigenvalue weighted by atomic mass is 10.3. The van der Waals surface area contributed by atoms with Gasteiger partial charge in [0.05, 0.1) is 6.61 Å². The standard InChI is InChI=1S/C12H21N5O4/c1-3-17-10(13)9(11(19)16-12(17)20)15-5-4-8(18)14-6-7-21-2/h15H,3-7,13H2,1-2H3,(H,14,18)(H,16,19,20). The molecule has 21 heavy (non-hydrogen) atoms. The molecular weight excluding hydrogens is 278 g/mol. The topological polar surface area (TPSA) is 131 Å². The number of methoxy groups -OCH3 is 1. The number of amides is 1. The van der Waals surface area contributed by atoms with E-state index in [1.54, 1.807) is 14.0 Å². The number of aromatic amines is 1. The lowest BCUT2D eigenvalue weighted by molar-refractivity contribution is -0.121. The van der Waals surface area contributed by atoms with Gasteiger partial charge in [0.2, 0.25) is 5.91 Å². The molecule has 1 heterocycles. The first-order valence-corrected chi connectivity index (χ1v) is 6.63. The number of nitrogen functional groups attached to an aromatic ring is 1. The summed E-state index contributed by atoms with van der Waals surface area (Å²) in [5.74, 6) is -0.107. The predicted octanol–water partition coefficient (Wildman–Crippen LogP) is -1.30. The predicted molar refractivity (Wildman–Crippen MR) is 79.4 cm³/mol. The molecule has 0 aliphatic rings. The van der Waals surface area contributed by atoms with Gasteiger partial charge in [-0.3, -0.25) is 19.1 Å². The number of H-pyrrole nitrogens is 1. The molecule has 1 amide bonds. The van der Waals surface area contributed by atoms with Gasteiger partial charge < -0.3 is 21.1 Å². The zero-order valence-electron chi connectivity index (χ0n) is 12.2. The van der Waals surface area contributed by atoms with Crippen LogP contribution in [0, 0.1) is 0 Å². The Kier molecular flexibility index (Phi) is 6.47. The average molecular weight is 299 g/mol. The Morgan fingerprint density at radius 3 is 2.71 bits per heavy atom. The third-order valence-corrected chi connectivity index (χ3v) is 2.84. The number of aromatic nitrogens is 2. The zero-order chi connectivity index (χ0) is 15.8. The first-order valence-electron chi connectivity index (χ1n) is 6.63. The van der Waals surface area contributed by atoms with E-state index in [2.05, 4.69) is 15.6 Å². The summed E-state index contributed by atoms with van der Waals surface area (Å²) >= 11 is 0. The van der Waals surface area contributed by atoms with E-state index in [0.29, 0.717) is 19.7 Å². The number of hydrogen-bond donors (Lipinski definition) is 4. The summed E-state index contributed by atoms with van der Waals surface area (Å²) in [7, 11) is 1.55. The molecular formula is C12H21N5O4. The number of carbonyl (C=O) groups excluding carboxylic acids is 1. The third-order valence-electron chi connectivity index (χ3n) is 2.84. The molecule has 0 unspecified atom stereocenters. The lowest BCUT2D eigenvalue weighted by Crippen LogP contribution is -2.34. The second kappa shape index (κ2) is 8.10. The average Bonchev–Trinajstić information content (AvgIpc) is 2.43. The Morgan fingerprint density at radius 1 is 1.38 bits per heavy atom. The first-order chi connectivity index (χ1) is 10.0. The van der Waals surface area contributed by atoms with Crippen molar-refractivity contribution < 1.29 is 9.53 Å². The maximum absolute atomic E-state index is 11.7. The van der Waals surface area contributed by atoms with E-state index in [1.807, 2.05) is 0 Å². The molecule has 0 fully saturated rings. The van der Waals surface area contributed by atoms with Crippen LogP contribution in [0.5, 0.6) is 0 Å². The Labute approximate surface area is 121 Å². The van der Waals surface area contributed by atoms with Crippen molar-refractivity contribution in [3.8, 4) is 0 Å². The molecule has 0 aliphatic carbocycles. The van der Waals surface area contributed by atoms with Crippen LogP contribution in [0.25, 0.3) is 0 Å². The van der Waals surface area contributed by atoms with Crippen molar-refractivity contribution in [1.82, 2.24) is 14.9 Å². The van der Waals surface area contributed by atoms with E-state index in [1.165, 1.54) is 4.57 Å². The maximum atomic E-state index is 11.7. The lowest BCUT2D eigenvalue weighted by Gasteiger charge is -2.12. The summed E-state index contributed by atoms with van der Waals surface area (Å²) in [4.78, 5) is 36.8. The molecule has 1 aromatic rings. The van der Waals surface area contributed by atoms with Gasteiger partial charge in [-0.1, -0.05) is 0 Å². The molecule has 9 heteroatoms. The highest BCUT2D eigenvalue weighted by Crippen LogP contribution is 2.09. The number of nitrogens with one attached hydrogen (secondary N) is 3. The van der Waals surface area contributed by atoms with Crippen LogP contribution < -0.4 is 27.6 Å². The van der Waals surface area contributed by atoms with Gasteiger partial charge >= 0.3 is 5.69 Å². The molecule has 0 bridgehead atoms. The minimum absolute atomic E-state index is 0.0611. The van der Waals surface area contributed by atoms with Crippen molar-refractivity contribution in [3.63, 3.8) is 0 Å². The second-order valence-electron chi connectivity index (χ2n) is 4.28. The van der Waals surface area contributed by atoms with Crippen molar-refractivity contribution in [2.45, 2.75) is 19.9 Å². The van der Waals surface area contributed by atoms with Crippen molar-refractivity contribution in [2.24, 2.45) is 0 Å². The normalized spacial score (nSPS) is 10.4. The van der Waals surface area contributed by atoms with Gasteiger partial charge in [-0.2, -0.15) is 0 Å². The number of hydrogen-bond acceptors (Lipinski definition) is 6. The number of carbonyl (C=O) groups is 1. The van der Waals surface area contributed by atoms with Crippen molar-refractivity contribution in [1.29, 1.82) is 0 Å². The molecule has 0 spiro atoms. The van der Waals surface area contributed by atoms with Gasteiger partial charge in [0.15, 0.2) is 0 Å². The highest BCUT2D eigenvalue weighted by Gasteiger charge is 2.11. The Morgan fingerprint density at radius 2 is 2.10 bits per heavy atom. The number of nitrogens with two attached hydrogens (primary N) is 1. The van der Waals surface area contributed by atoms with E-state index in [9.17, 15) is 14.4 Å². The van der Waals surface area contributed by atoms with E-state index >= 15 is 0 Å². The molecule has 0 radical (unpaired) electrons. The van der Waals surface area contributed by atoms with Crippen LogP contribution in [0.2, 0.25) is 0 Å². The fourth-order valence-corrected chi connectivity index (χ4v) is 1.75. The molecule has 0 aliphatic heterocycles. The molecule has 0 atom stereocenters. The van der Waals surface area contributed by atoms with Crippen molar-refractivity contribution in [2.75, 3.05) is 37.9 Å². The minimum atomic E-state index is -0.595. The Bertz CT molecular complexity index is 592. The molecule has 0 aromatic carbocycles. The largest absolute Gasteiger partial charge is 0.383 e. The van der Waals surface area contributed by atoms with Gasteiger partial charge in [-0.05, 0) is 6.92 Å². The molecule has 9 nitrogen and oxygen atoms in total. The number of rotatable bonds is 8. The highest BCUT2D eigenvalue weighted by atomic mass is 16.5. The summed E-state index contributed by atoms with van der Waals surface area (Å²) in [6.07, 6.45) is 0.174. The summed E-state index contributed by atoms with van der Waals surface area (Å²) in [5, 5.41) is 5.44. The fraction of sp³-hybridized carbons (Fsp3) is 0.583. The Hall–Kier alpha value is -2.29. The van der Waals surface area contributed by atoms with Crippen LogP contribution in [-0.4, -0.2) is 42.3 Å². The SMILES string of the molecule is CCn1c(N)c(NCCC(=O)NCCOC)c(=O)[nH]c1=O. The zero-order valence-corrected chi connectivity index (χ0v) is 12.2. The van der Waals surface area contributed by atoms with Crippen LogP contribution in [0.4, 0.5) is 11.5 Å². The van der Waals surface area contributed by atoms with E-state index < -0.39 is 11.2 Å². The third kappa shape index (κ3) is 4.63. The van der Waals surface area contributed by atoms with Gasteiger partial charge in [-0.15, -0.1) is 0 Å². The smallest absolute Gasteiger partial charge is 0.330 e. The van der Waals surface area contributed by atoms with Gasteiger partial charge in [-0.25, -0.2) is 4.79 Å². The van der Waals surface area contributed by atoms with Crippen LogP contribution in [0.3, 0.4) is 0 Å². The van der Waals surface area contributed by atoms with E-state index in [-0.39, 0.29) is 30.4 Å². The summed E-state index contributed by atoms with van der Waals surface area (Å²) in [6, 6.07) is 0. The number of anilines is 2. The summed E-state index contributed by atoms with van der Waals surface area (Å²) < 4.78 is 6.05. The van der Waals surface area contributed by atoms with Gasteiger partial charge in [0, 0.05) is 33.2 Å². The monoisotopic (exact) mass is 299 g/mol. The number of ether oxygens (including phenoxy) is 1. The molecule has 5 N–H and O–H groups in total. The Balaban J connectivity index is 2.62. The van der Waals surface area contributed by atoms with Crippen LogP contribution in [-0.2, 0) is 16.1 Å². The van der Waals surface area contributed by atoms with Crippen molar-refractivity contribution in [3.05, 3.63) is 20.8 Å². The fourth-order valence-electron chi connectivity index (χ4n) is 1.75. The van der Waals surface area contributed by atoms with E-state index in [0.717, 1.165) is 0 Å². The summed E-state index contributed by atoms with van der Waals surface area (Å²) in [6.45, 7) is 3.18. The van der Waals surface area contributed by atoms with Gasteiger partial charge in [0.25, 0.3) is 5.56 Å². The van der Waals surface area contributed by atoms with Crippen LogP contribution >= 0.6 is 0 Å². The molecule has 1 aromatic heterocycles. The molecule has 0 saturated carbocycles. The maximum Gasteiger partial charge on any atom is 0.330 e. The minimum Gasteiger partial charge on any atom is -0.383 e. The van der Waals surface area contributed by atoms with Crippen LogP contribution in [0.1, 0.15) is 13.3 Å². The number of nitrogens with zero attached hydrogens (tertiary/aromatic N) is 1. The van der Waals surface area contributed by atoms with Crippen molar-refractivity contribution >= 4 is 17.4 Å². The van der Waals surface area contributed by atoms with Crippen LogP contribution in [0.15, 0.2) is 9.59 Å². The molecule has 1 rings (SSSR count). The highest BCUT2D eigenvalue weighted by molar-refractivity contribution is 5.76. The van der Waals surface area contributed by atoms with Gasteiger partial charge in [0.1, 0.15) is 11.5 Å². The summed E-state index contributed by atoms with van der Waals surface area (Å²) in [5.41, 5.74) is 4.72. The van der Waals surface area contributed by atoms with E-state index in [4.69, 9.17) is 10.5 Å². The first kappa shape index (κ1) is 16.8.